The number of nitrogens with zero attached hydrogens (tertiary/aromatic N) is 2. The monoisotopic (exact) mass is 360 g/mol. The van der Waals surface area contributed by atoms with Crippen molar-refractivity contribution in [2.45, 2.75) is 13.0 Å². The van der Waals surface area contributed by atoms with Crippen molar-refractivity contribution in [3.05, 3.63) is 75.6 Å². The Bertz CT molecular complexity index is 807. The van der Waals surface area contributed by atoms with E-state index in [1.807, 2.05) is 0 Å². The van der Waals surface area contributed by atoms with Gasteiger partial charge in [-0.3, -0.25) is 19.7 Å². The molecule has 2 rings (SSSR count). The number of carbonyl (C=O) groups is 2. The zero-order chi connectivity index (χ0) is 19.1. The first-order valence-corrected chi connectivity index (χ1v) is 7.75. The Morgan fingerprint density at radius 3 is 2.50 bits per heavy atom. The number of hydrogen-bond donors (Lipinski definition) is 0. The van der Waals surface area contributed by atoms with Gasteiger partial charge >= 0.3 is 5.97 Å². The van der Waals surface area contributed by atoms with Crippen LogP contribution in [0.1, 0.15) is 22.3 Å². The van der Waals surface area contributed by atoms with Crippen LogP contribution in [-0.4, -0.2) is 35.4 Å². The maximum absolute atomic E-state index is 13.1. The fraction of sp³-hybridized carbons (Fsp3) is 0.222. The molecular weight excluding hydrogens is 343 g/mol. The smallest absolute Gasteiger partial charge is 0.307 e. The summed E-state index contributed by atoms with van der Waals surface area (Å²) in [6.07, 6.45) is -0.0294. The second-order valence-electron chi connectivity index (χ2n) is 5.49. The van der Waals surface area contributed by atoms with E-state index >= 15 is 0 Å². The van der Waals surface area contributed by atoms with E-state index in [0.29, 0.717) is 5.56 Å². The Kier molecular flexibility index (Phi) is 6.37. The zero-order valence-corrected chi connectivity index (χ0v) is 14.1. The summed E-state index contributed by atoms with van der Waals surface area (Å²) in [6.45, 7) is 0.185. The highest BCUT2D eigenvalue weighted by molar-refractivity contribution is 5.95. The predicted molar refractivity (Wildman–Crippen MR) is 90.9 cm³/mol. The second-order valence-corrected chi connectivity index (χ2v) is 5.49. The van der Waals surface area contributed by atoms with E-state index in [1.54, 1.807) is 0 Å². The number of nitro groups is 1. The predicted octanol–water partition coefficient (Wildman–Crippen LogP) is 2.94. The molecule has 0 bridgehead atoms. The lowest BCUT2D eigenvalue weighted by Gasteiger charge is -2.22. The molecule has 0 spiro atoms. The second kappa shape index (κ2) is 8.70. The molecule has 26 heavy (non-hydrogen) atoms. The van der Waals surface area contributed by atoms with E-state index in [2.05, 4.69) is 4.74 Å². The largest absolute Gasteiger partial charge is 0.469 e. The number of benzene rings is 2. The number of rotatable bonds is 7. The van der Waals surface area contributed by atoms with Gasteiger partial charge in [0.25, 0.3) is 11.6 Å². The van der Waals surface area contributed by atoms with Crippen LogP contribution in [0.25, 0.3) is 0 Å². The van der Waals surface area contributed by atoms with Gasteiger partial charge in [-0.2, -0.15) is 0 Å². The van der Waals surface area contributed by atoms with Crippen molar-refractivity contribution < 1.29 is 23.6 Å². The number of amides is 1. The highest BCUT2D eigenvalue weighted by Crippen LogP contribution is 2.17. The molecule has 136 valence electrons. The van der Waals surface area contributed by atoms with Crippen molar-refractivity contribution in [1.29, 1.82) is 0 Å². The summed E-state index contributed by atoms with van der Waals surface area (Å²) in [6, 6.07) is 10.9. The summed E-state index contributed by atoms with van der Waals surface area (Å²) in [5.74, 6) is -1.36. The van der Waals surface area contributed by atoms with Gasteiger partial charge in [-0.15, -0.1) is 0 Å². The molecule has 0 saturated heterocycles. The molecule has 1 amide bonds. The van der Waals surface area contributed by atoms with Crippen LogP contribution in [0.3, 0.4) is 0 Å². The van der Waals surface area contributed by atoms with Crippen LogP contribution in [0.4, 0.5) is 10.1 Å². The highest BCUT2D eigenvalue weighted by Gasteiger charge is 2.19. The van der Waals surface area contributed by atoms with E-state index in [0.717, 1.165) is 0 Å². The standard InChI is InChI=1S/C18H17FN2O5/c1-26-17(22)9-10-20(12-13-5-7-15(19)8-6-13)18(23)14-3-2-4-16(11-14)21(24)25/h2-8,11H,9-10,12H2,1H3. The zero-order valence-electron chi connectivity index (χ0n) is 14.1. The molecule has 8 heteroatoms. The molecule has 2 aromatic carbocycles. The normalized spacial score (nSPS) is 10.2. The number of halogens is 1. The van der Waals surface area contributed by atoms with Crippen molar-refractivity contribution in [1.82, 2.24) is 4.90 Å². The van der Waals surface area contributed by atoms with E-state index < -0.39 is 22.6 Å². The summed E-state index contributed by atoms with van der Waals surface area (Å²) in [5.41, 5.74) is 0.590. The van der Waals surface area contributed by atoms with Gasteiger partial charge in [0.05, 0.1) is 18.5 Å². The molecule has 7 nitrogen and oxygen atoms in total. The van der Waals surface area contributed by atoms with Gasteiger partial charge < -0.3 is 9.64 Å². The van der Waals surface area contributed by atoms with Crippen LogP contribution in [0.2, 0.25) is 0 Å². The Morgan fingerprint density at radius 2 is 1.88 bits per heavy atom. The number of non-ortho nitro benzene ring substituents is 1. The summed E-state index contributed by atoms with van der Waals surface area (Å²) >= 11 is 0. The van der Waals surface area contributed by atoms with Gasteiger partial charge in [0.15, 0.2) is 0 Å². The number of carbonyl (C=O) groups excluding carboxylic acids is 2. The molecule has 0 aliphatic heterocycles. The van der Waals surface area contributed by atoms with Gasteiger partial charge in [-0.05, 0) is 23.8 Å². The number of esters is 1. The third-order valence-corrected chi connectivity index (χ3v) is 3.69. The molecule has 0 aliphatic carbocycles. The van der Waals surface area contributed by atoms with E-state index in [4.69, 9.17) is 0 Å². The maximum Gasteiger partial charge on any atom is 0.307 e. The average molecular weight is 360 g/mol. The average Bonchev–Trinajstić information content (AvgIpc) is 2.65. The molecule has 0 aromatic heterocycles. The van der Waals surface area contributed by atoms with Gasteiger partial charge in [-0.25, -0.2) is 4.39 Å². The molecule has 0 N–H and O–H groups in total. The molecule has 0 unspecified atom stereocenters. The van der Waals surface area contributed by atoms with Crippen molar-refractivity contribution in [3.8, 4) is 0 Å². The number of hydrogen-bond acceptors (Lipinski definition) is 5. The first kappa shape index (κ1) is 19.0. The van der Waals surface area contributed by atoms with Crippen molar-refractivity contribution in [2.24, 2.45) is 0 Å². The molecule has 0 saturated carbocycles. The first-order valence-electron chi connectivity index (χ1n) is 7.75. The fourth-order valence-corrected chi connectivity index (χ4v) is 2.33. The summed E-state index contributed by atoms with van der Waals surface area (Å²) in [5, 5.41) is 10.9. The quantitative estimate of drug-likeness (QED) is 0.430. The number of methoxy groups -OCH3 is 1. The maximum atomic E-state index is 13.1. The summed E-state index contributed by atoms with van der Waals surface area (Å²) < 4.78 is 17.6. The van der Waals surface area contributed by atoms with Crippen molar-refractivity contribution in [2.75, 3.05) is 13.7 Å². The molecule has 0 atom stereocenters. The van der Waals surface area contributed by atoms with Crippen LogP contribution in [0.15, 0.2) is 48.5 Å². The molecule has 0 fully saturated rings. The van der Waals surface area contributed by atoms with E-state index in [-0.39, 0.29) is 30.8 Å². The Balaban J connectivity index is 2.24. The first-order chi connectivity index (χ1) is 12.4. The summed E-state index contributed by atoms with van der Waals surface area (Å²) in [7, 11) is 1.25. The Labute approximate surface area is 149 Å². The van der Waals surface area contributed by atoms with Gasteiger partial charge in [0.1, 0.15) is 5.82 Å². The molecule has 0 radical (unpaired) electrons. The molecule has 0 heterocycles. The topological polar surface area (TPSA) is 89.8 Å². The van der Waals surface area contributed by atoms with Crippen LogP contribution in [-0.2, 0) is 16.1 Å². The minimum Gasteiger partial charge on any atom is -0.469 e. The van der Waals surface area contributed by atoms with Crippen LogP contribution < -0.4 is 0 Å². The van der Waals surface area contributed by atoms with E-state index in [9.17, 15) is 24.1 Å². The third kappa shape index (κ3) is 5.10. The van der Waals surface area contributed by atoms with E-state index in [1.165, 1.54) is 60.5 Å². The van der Waals surface area contributed by atoms with Crippen molar-refractivity contribution >= 4 is 17.6 Å². The highest BCUT2D eigenvalue weighted by atomic mass is 19.1. The van der Waals surface area contributed by atoms with Crippen LogP contribution >= 0.6 is 0 Å². The molecular formula is C18H17FN2O5. The van der Waals surface area contributed by atoms with Gasteiger partial charge in [0.2, 0.25) is 0 Å². The summed E-state index contributed by atoms with van der Waals surface area (Å²) in [4.78, 5) is 35.9. The Hall–Kier alpha value is -3.29. The number of ether oxygens (including phenoxy) is 1. The minimum atomic E-state index is -0.588. The SMILES string of the molecule is COC(=O)CCN(Cc1ccc(F)cc1)C(=O)c1cccc([N+](=O)[O-])c1. The van der Waals surface area contributed by atoms with Gasteiger partial charge in [-0.1, -0.05) is 18.2 Å². The van der Waals surface area contributed by atoms with Crippen molar-refractivity contribution in [3.63, 3.8) is 0 Å². The minimum absolute atomic E-state index is 0.0294. The lowest BCUT2D eigenvalue weighted by atomic mass is 10.1. The Morgan fingerprint density at radius 1 is 1.19 bits per heavy atom. The lowest BCUT2D eigenvalue weighted by molar-refractivity contribution is -0.384. The lowest BCUT2D eigenvalue weighted by Crippen LogP contribution is -2.32. The van der Waals surface area contributed by atoms with Gasteiger partial charge in [0, 0.05) is 30.8 Å². The molecule has 0 aliphatic rings. The third-order valence-electron chi connectivity index (χ3n) is 3.69. The van der Waals surface area contributed by atoms with Crippen LogP contribution in [0, 0.1) is 15.9 Å². The molecule has 2 aromatic rings. The fourth-order valence-electron chi connectivity index (χ4n) is 2.33. The number of nitro benzene ring substituents is 1. The van der Waals surface area contributed by atoms with Crippen LogP contribution in [0.5, 0.6) is 0 Å².